The Kier molecular flexibility index (Phi) is 5.03. The second-order valence-electron chi connectivity index (χ2n) is 4.25. The van der Waals surface area contributed by atoms with Crippen molar-refractivity contribution < 1.29 is 33.0 Å². The highest BCUT2D eigenvalue weighted by Gasteiger charge is 2.22. The summed E-state index contributed by atoms with van der Waals surface area (Å²) in [5, 5.41) is 17.4. The van der Waals surface area contributed by atoms with Crippen molar-refractivity contribution >= 4 is 27.7 Å². The number of carboxylic acids is 2. The molecule has 9 heteroatoms. The molecule has 0 aliphatic carbocycles. The van der Waals surface area contributed by atoms with Gasteiger partial charge in [0.25, 0.3) is 5.91 Å². The van der Waals surface area contributed by atoms with Crippen molar-refractivity contribution in [2.45, 2.75) is 4.90 Å². The Bertz CT molecular complexity index is 665. The van der Waals surface area contributed by atoms with Crippen LogP contribution in [0, 0.1) is 0 Å². The zero-order valence-electron chi connectivity index (χ0n) is 11.0. The maximum atomic E-state index is 12.1. The number of carboxylic acid groups (broad SMARTS) is 2. The molecule has 0 saturated heterocycles. The van der Waals surface area contributed by atoms with E-state index in [1.54, 1.807) is 0 Å². The highest BCUT2D eigenvalue weighted by molar-refractivity contribution is 7.90. The molecule has 1 amide bonds. The molecule has 0 aliphatic rings. The van der Waals surface area contributed by atoms with E-state index in [0.717, 1.165) is 12.3 Å². The van der Waals surface area contributed by atoms with E-state index in [2.05, 4.69) is 0 Å². The number of hydrogen-bond acceptors (Lipinski definition) is 5. The monoisotopic (exact) mass is 315 g/mol. The molecule has 0 heterocycles. The van der Waals surface area contributed by atoms with E-state index >= 15 is 0 Å². The van der Waals surface area contributed by atoms with Gasteiger partial charge in [-0.2, -0.15) is 0 Å². The molecule has 0 bridgehead atoms. The van der Waals surface area contributed by atoms with E-state index in [-0.39, 0.29) is 10.5 Å². The van der Waals surface area contributed by atoms with Crippen LogP contribution in [0.25, 0.3) is 0 Å². The van der Waals surface area contributed by atoms with Crippen LogP contribution in [0.3, 0.4) is 0 Å². The van der Waals surface area contributed by atoms with Gasteiger partial charge in [0.05, 0.1) is 4.90 Å². The fraction of sp³-hybridized carbons (Fsp3) is 0.250. The van der Waals surface area contributed by atoms with Crippen LogP contribution in [-0.2, 0) is 19.4 Å². The number of nitrogens with zero attached hydrogens (tertiary/aromatic N) is 1. The summed E-state index contributed by atoms with van der Waals surface area (Å²) >= 11 is 0. The summed E-state index contributed by atoms with van der Waals surface area (Å²) in [6, 6.07) is 4.97. The number of benzene rings is 1. The molecule has 21 heavy (non-hydrogen) atoms. The van der Waals surface area contributed by atoms with Crippen molar-refractivity contribution in [1.82, 2.24) is 4.90 Å². The third kappa shape index (κ3) is 4.88. The Labute approximate surface area is 120 Å². The Morgan fingerprint density at radius 3 is 2.05 bits per heavy atom. The summed E-state index contributed by atoms with van der Waals surface area (Å²) < 4.78 is 22.8. The van der Waals surface area contributed by atoms with Crippen LogP contribution < -0.4 is 0 Å². The van der Waals surface area contributed by atoms with Crippen molar-refractivity contribution in [1.29, 1.82) is 0 Å². The van der Waals surface area contributed by atoms with Gasteiger partial charge in [0, 0.05) is 11.8 Å². The molecule has 114 valence electrons. The molecule has 0 aliphatic heterocycles. The Morgan fingerprint density at radius 2 is 1.62 bits per heavy atom. The molecule has 0 unspecified atom stereocenters. The highest BCUT2D eigenvalue weighted by Crippen LogP contribution is 2.13. The van der Waals surface area contributed by atoms with Gasteiger partial charge in [-0.3, -0.25) is 14.4 Å². The lowest BCUT2D eigenvalue weighted by atomic mass is 10.2. The summed E-state index contributed by atoms with van der Waals surface area (Å²) in [7, 11) is -3.53. The lowest BCUT2D eigenvalue weighted by Gasteiger charge is -2.18. The van der Waals surface area contributed by atoms with Gasteiger partial charge in [-0.15, -0.1) is 0 Å². The van der Waals surface area contributed by atoms with E-state index < -0.39 is 40.8 Å². The third-order valence-electron chi connectivity index (χ3n) is 2.45. The smallest absolute Gasteiger partial charge is 0.323 e. The summed E-state index contributed by atoms with van der Waals surface area (Å²) in [6.45, 7) is -1.59. The SMILES string of the molecule is CS(=O)(=O)c1cccc(C(=O)N(CC(=O)O)CC(=O)O)c1. The molecule has 0 fully saturated rings. The first kappa shape index (κ1) is 16.6. The van der Waals surface area contributed by atoms with Crippen molar-refractivity contribution in [3.8, 4) is 0 Å². The minimum atomic E-state index is -3.53. The van der Waals surface area contributed by atoms with Crippen LogP contribution >= 0.6 is 0 Å². The Morgan fingerprint density at radius 1 is 1.10 bits per heavy atom. The lowest BCUT2D eigenvalue weighted by Crippen LogP contribution is -2.39. The molecule has 0 atom stereocenters. The second-order valence-corrected chi connectivity index (χ2v) is 6.26. The average Bonchev–Trinajstić information content (AvgIpc) is 2.35. The highest BCUT2D eigenvalue weighted by atomic mass is 32.2. The first-order chi connectivity index (χ1) is 9.61. The van der Waals surface area contributed by atoms with Crippen LogP contribution in [0.1, 0.15) is 10.4 Å². The van der Waals surface area contributed by atoms with Crippen LogP contribution in [0.2, 0.25) is 0 Å². The predicted octanol–water partition coefficient (Wildman–Crippen LogP) is -0.298. The summed E-state index contributed by atoms with van der Waals surface area (Å²) in [4.78, 5) is 33.9. The first-order valence-corrected chi connectivity index (χ1v) is 7.53. The van der Waals surface area contributed by atoms with Crippen LogP contribution in [-0.4, -0.2) is 60.7 Å². The van der Waals surface area contributed by atoms with Gasteiger partial charge in [0.2, 0.25) is 0 Å². The molecule has 8 nitrogen and oxygen atoms in total. The van der Waals surface area contributed by atoms with Gasteiger partial charge < -0.3 is 15.1 Å². The molecule has 2 N–H and O–H groups in total. The van der Waals surface area contributed by atoms with E-state index in [1.807, 2.05) is 0 Å². The Balaban J connectivity index is 3.14. The van der Waals surface area contributed by atoms with E-state index in [0.29, 0.717) is 4.90 Å². The molecule has 0 radical (unpaired) electrons. The topological polar surface area (TPSA) is 129 Å². The second kappa shape index (κ2) is 6.35. The number of aliphatic carboxylic acids is 2. The van der Waals surface area contributed by atoms with Crippen molar-refractivity contribution in [3.05, 3.63) is 29.8 Å². The first-order valence-electron chi connectivity index (χ1n) is 5.64. The summed E-state index contributed by atoms with van der Waals surface area (Å²) in [5.74, 6) is -3.61. The molecular weight excluding hydrogens is 302 g/mol. The lowest BCUT2D eigenvalue weighted by molar-refractivity contribution is -0.140. The van der Waals surface area contributed by atoms with Gasteiger partial charge in [0.15, 0.2) is 9.84 Å². The number of amides is 1. The normalized spacial score (nSPS) is 10.9. The average molecular weight is 315 g/mol. The minimum Gasteiger partial charge on any atom is -0.480 e. The minimum absolute atomic E-state index is 0.0968. The fourth-order valence-corrected chi connectivity index (χ4v) is 2.24. The number of sulfone groups is 1. The van der Waals surface area contributed by atoms with Crippen molar-refractivity contribution in [2.24, 2.45) is 0 Å². The molecule has 1 aromatic carbocycles. The van der Waals surface area contributed by atoms with Gasteiger partial charge in [0.1, 0.15) is 13.1 Å². The fourth-order valence-electron chi connectivity index (χ4n) is 1.57. The van der Waals surface area contributed by atoms with E-state index in [1.165, 1.54) is 18.2 Å². The summed E-state index contributed by atoms with van der Waals surface area (Å²) in [6.07, 6.45) is 0.961. The molecule has 0 aromatic heterocycles. The van der Waals surface area contributed by atoms with Gasteiger partial charge in [-0.05, 0) is 18.2 Å². The Hall–Kier alpha value is -2.42. The standard InChI is InChI=1S/C12H13NO7S/c1-21(19,20)9-4-2-3-8(5-9)12(18)13(6-10(14)15)7-11(16)17/h2-5H,6-7H2,1H3,(H,14,15)(H,16,17). The predicted molar refractivity (Wildman–Crippen MR) is 70.7 cm³/mol. The number of rotatable bonds is 6. The van der Waals surface area contributed by atoms with Crippen molar-refractivity contribution in [2.75, 3.05) is 19.3 Å². The molecule has 0 spiro atoms. The zero-order chi connectivity index (χ0) is 16.2. The van der Waals surface area contributed by atoms with Crippen LogP contribution in [0.15, 0.2) is 29.2 Å². The van der Waals surface area contributed by atoms with Gasteiger partial charge in [-0.25, -0.2) is 8.42 Å². The van der Waals surface area contributed by atoms with Crippen LogP contribution in [0.4, 0.5) is 0 Å². The largest absolute Gasteiger partial charge is 0.480 e. The maximum absolute atomic E-state index is 12.1. The number of carbonyl (C=O) groups excluding carboxylic acids is 1. The van der Waals surface area contributed by atoms with E-state index in [4.69, 9.17) is 10.2 Å². The molecular formula is C12H13NO7S. The van der Waals surface area contributed by atoms with Crippen LogP contribution in [0.5, 0.6) is 0 Å². The molecule has 1 aromatic rings. The molecule has 0 saturated carbocycles. The maximum Gasteiger partial charge on any atom is 0.323 e. The quantitative estimate of drug-likeness (QED) is 0.737. The zero-order valence-corrected chi connectivity index (χ0v) is 11.8. The third-order valence-corrected chi connectivity index (χ3v) is 3.56. The number of hydrogen-bond donors (Lipinski definition) is 2. The summed E-state index contributed by atoms with van der Waals surface area (Å²) in [5.41, 5.74) is -0.0968. The van der Waals surface area contributed by atoms with Crippen molar-refractivity contribution in [3.63, 3.8) is 0 Å². The molecule has 1 rings (SSSR count). The number of carbonyl (C=O) groups is 3. The van der Waals surface area contributed by atoms with E-state index in [9.17, 15) is 22.8 Å². The van der Waals surface area contributed by atoms with Gasteiger partial charge >= 0.3 is 11.9 Å². The van der Waals surface area contributed by atoms with Gasteiger partial charge in [-0.1, -0.05) is 6.07 Å².